The molecule has 0 aliphatic carbocycles. The van der Waals surface area contributed by atoms with Crippen molar-refractivity contribution in [2.45, 2.75) is 46.1 Å². The SMILES string of the molecule is CCNC(C)C(CC)c1nc(-c2cccc(C)n2)no1. The van der Waals surface area contributed by atoms with E-state index in [-0.39, 0.29) is 5.92 Å². The summed E-state index contributed by atoms with van der Waals surface area (Å²) in [5, 5.41) is 7.47. The van der Waals surface area contributed by atoms with E-state index in [4.69, 9.17) is 4.52 Å². The van der Waals surface area contributed by atoms with Crippen LogP contribution in [-0.2, 0) is 0 Å². The van der Waals surface area contributed by atoms with Crippen molar-refractivity contribution < 1.29 is 4.52 Å². The number of hydrogen-bond donors (Lipinski definition) is 1. The predicted octanol–water partition coefficient (Wildman–Crippen LogP) is 2.93. The van der Waals surface area contributed by atoms with Crippen LogP contribution in [0.25, 0.3) is 11.5 Å². The van der Waals surface area contributed by atoms with Gasteiger partial charge in [0.1, 0.15) is 5.69 Å². The molecule has 0 radical (unpaired) electrons. The minimum Gasteiger partial charge on any atom is -0.339 e. The molecule has 108 valence electrons. The Morgan fingerprint density at radius 1 is 1.25 bits per heavy atom. The monoisotopic (exact) mass is 274 g/mol. The van der Waals surface area contributed by atoms with E-state index < -0.39 is 0 Å². The molecule has 1 N–H and O–H groups in total. The third kappa shape index (κ3) is 3.22. The number of likely N-dealkylation sites (N-methyl/N-ethyl adjacent to an activating group) is 1. The highest BCUT2D eigenvalue weighted by molar-refractivity contribution is 5.48. The second kappa shape index (κ2) is 6.61. The predicted molar refractivity (Wildman–Crippen MR) is 78.4 cm³/mol. The van der Waals surface area contributed by atoms with Crippen LogP contribution >= 0.6 is 0 Å². The molecule has 2 rings (SSSR count). The Hall–Kier alpha value is -1.75. The lowest BCUT2D eigenvalue weighted by molar-refractivity contribution is 0.318. The van der Waals surface area contributed by atoms with E-state index in [1.807, 2.05) is 25.1 Å². The van der Waals surface area contributed by atoms with Crippen LogP contribution in [-0.4, -0.2) is 27.7 Å². The molecule has 0 saturated carbocycles. The van der Waals surface area contributed by atoms with Gasteiger partial charge in [-0.3, -0.25) is 0 Å². The molecule has 5 heteroatoms. The van der Waals surface area contributed by atoms with Crippen LogP contribution in [0.1, 0.15) is 44.7 Å². The number of aryl methyl sites for hydroxylation is 1. The van der Waals surface area contributed by atoms with Crippen molar-refractivity contribution in [1.29, 1.82) is 0 Å². The molecule has 0 aromatic carbocycles. The van der Waals surface area contributed by atoms with Gasteiger partial charge in [-0.2, -0.15) is 4.98 Å². The number of rotatable bonds is 6. The maximum atomic E-state index is 5.44. The molecule has 0 saturated heterocycles. The second-order valence-corrected chi connectivity index (χ2v) is 4.98. The summed E-state index contributed by atoms with van der Waals surface area (Å²) < 4.78 is 5.44. The van der Waals surface area contributed by atoms with Crippen LogP contribution < -0.4 is 5.32 Å². The highest BCUT2D eigenvalue weighted by Gasteiger charge is 2.23. The average Bonchev–Trinajstić information content (AvgIpc) is 2.89. The molecule has 0 aliphatic rings. The zero-order valence-corrected chi connectivity index (χ0v) is 12.6. The highest BCUT2D eigenvalue weighted by atomic mass is 16.5. The Bertz CT molecular complexity index is 552. The minimum atomic E-state index is 0.223. The van der Waals surface area contributed by atoms with Gasteiger partial charge in [-0.25, -0.2) is 4.98 Å². The highest BCUT2D eigenvalue weighted by Crippen LogP contribution is 2.24. The van der Waals surface area contributed by atoms with Gasteiger partial charge in [0.25, 0.3) is 0 Å². The summed E-state index contributed by atoms with van der Waals surface area (Å²) in [6.07, 6.45) is 0.955. The van der Waals surface area contributed by atoms with E-state index in [9.17, 15) is 0 Å². The first kappa shape index (κ1) is 14.7. The Balaban J connectivity index is 2.23. The van der Waals surface area contributed by atoms with E-state index in [2.05, 4.69) is 41.2 Å². The normalized spacial score (nSPS) is 14.2. The zero-order valence-electron chi connectivity index (χ0n) is 12.6. The molecule has 2 heterocycles. The number of aromatic nitrogens is 3. The van der Waals surface area contributed by atoms with Crippen molar-refractivity contribution in [3.05, 3.63) is 29.8 Å². The van der Waals surface area contributed by atoms with E-state index >= 15 is 0 Å². The molecule has 2 aromatic rings. The number of hydrogen-bond acceptors (Lipinski definition) is 5. The van der Waals surface area contributed by atoms with Crippen molar-refractivity contribution in [3.8, 4) is 11.5 Å². The lowest BCUT2D eigenvalue weighted by atomic mass is 9.98. The molecule has 20 heavy (non-hydrogen) atoms. The molecular formula is C15H22N4O. The molecule has 2 unspecified atom stereocenters. The Labute approximate surface area is 119 Å². The van der Waals surface area contributed by atoms with Crippen LogP contribution in [0.15, 0.2) is 22.7 Å². The van der Waals surface area contributed by atoms with E-state index in [1.165, 1.54) is 0 Å². The van der Waals surface area contributed by atoms with Crippen molar-refractivity contribution in [2.75, 3.05) is 6.54 Å². The van der Waals surface area contributed by atoms with E-state index in [1.54, 1.807) is 0 Å². The van der Waals surface area contributed by atoms with Crippen LogP contribution in [0.4, 0.5) is 0 Å². The lowest BCUT2D eigenvalue weighted by Gasteiger charge is -2.19. The summed E-state index contributed by atoms with van der Waals surface area (Å²) in [6, 6.07) is 6.11. The summed E-state index contributed by atoms with van der Waals surface area (Å²) in [5.74, 6) is 1.46. The molecule has 0 aliphatic heterocycles. The fourth-order valence-corrected chi connectivity index (χ4v) is 2.36. The first-order chi connectivity index (χ1) is 9.65. The third-order valence-corrected chi connectivity index (χ3v) is 3.45. The summed E-state index contributed by atoms with van der Waals surface area (Å²) in [7, 11) is 0. The third-order valence-electron chi connectivity index (χ3n) is 3.45. The zero-order chi connectivity index (χ0) is 14.5. The summed E-state index contributed by atoms with van der Waals surface area (Å²) in [6.45, 7) is 9.25. The first-order valence-corrected chi connectivity index (χ1v) is 7.16. The molecule has 0 spiro atoms. The molecular weight excluding hydrogens is 252 g/mol. The lowest BCUT2D eigenvalue weighted by Crippen LogP contribution is -2.31. The molecule has 0 amide bonds. The summed E-state index contributed by atoms with van der Waals surface area (Å²) in [5.41, 5.74) is 1.70. The van der Waals surface area contributed by atoms with Crippen LogP contribution in [0.2, 0.25) is 0 Å². The van der Waals surface area contributed by atoms with Crippen molar-refractivity contribution in [3.63, 3.8) is 0 Å². The first-order valence-electron chi connectivity index (χ1n) is 7.16. The number of pyridine rings is 1. The van der Waals surface area contributed by atoms with Gasteiger partial charge >= 0.3 is 0 Å². The summed E-state index contributed by atoms with van der Waals surface area (Å²) >= 11 is 0. The van der Waals surface area contributed by atoms with Crippen molar-refractivity contribution in [1.82, 2.24) is 20.4 Å². The van der Waals surface area contributed by atoms with Gasteiger partial charge in [0, 0.05) is 11.7 Å². The van der Waals surface area contributed by atoms with Gasteiger partial charge in [-0.05, 0) is 38.9 Å². The van der Waals surface area contributed by atoms with Gasteiger partial charge in [0.05, 0.1) is 5.92 Å². The van der Waals surface area contributed by atoms with Crippen LogP contribution in [0.3, 0.4) is 0 Å². The van der Waals surface area contributed by atoms with E-state index in [0.717, 1.165) is 24.4 Å². The molecule has 0 fully saturated rings. The fraction of sp³-hybridized carbons (Fsp3) is 0.533. The van der Waals surface area contributed by atoms with Gasteiger partial charge in [-0.15, -0.1) is 0 Å². The van der Waals surface area contributed by atoms with Crippen molar-refractivity contribution in [2.24, 2.45) is 0 Å². The Kier molecular flexibility index (Phi) is 4.84. The van der Waals surface area contributed by atoms with E-state index in [0.29, 0.717) is 17.8 Å². The maximum absolute atomic E-state index is 5.44. The van der Waals surface area contributed by atoms with Gasteiger partial charge in [0.15, 0.2) is 0 Å². The maximum Gasteiger partial charge on any atom is 0.231 e. The van der Waals surface area contributed by atoms with Gasteiger partial charge in [0.2, 0.25) is 11.7 Å². The molecule has 5 nitrogen and oxygen atoms in total. The molecule has 2 atom stereocenters. The smallest absolute Gasteiger partial charge is 0.231 e. The Morgan fingerprint density at radius 3 is 2.70 bits per heavy atom. The van der Waals surface area contributed by atoms with Crippen molar-refractivity contribution >= 4 is 0 Å². The number of nitrogens with one attached hydrogen (secondary N) is 1. The topological polar surface area (TPSA) is 63.8 Å². The quantitative estimate of drug-likeness (QED) is 0.877. The van der Waals surface area contributed by atoms with Gasteiger partial charge < -0.3 is 9.84 Å². The van der Waals surface area contributed by atoms with Crippen LogP contribution in [0, 0.1) is 6.92 Å². The van der Waals surface area contributed by atoms with Gasteiger partial charge in [-0.1, -0.05) is 25.1 Å². The summed E-state index contributed by atoms with van der Waals surface area (Å²) in [4.78, 5) is 8.94. The average molecular weight is 274 g/mol. The van der Waals surface area contributed by atoms with Crippen LogP contribution in [0.5, 0.6) is 0 Å². The standard InChI is InChI=1S/C15H22N4O/c1-5-12(11(4)16-6-2)15-18-14(19-20-15)13-9-7-8-10(3)17-13/h7-9,11-12,16H,5-6H2,1-4H3. The fourth-order valence-electron chi connectivity index (χ4n) is 2.36. The molecule has 2 aromatic heterocycles. The Morgan fingerprint density at radius 2 is 2.05 bits per heavy atom. The minimum absolute atomic E-state index is 0.223. The second-order valence-electron chi connectivity index (χ2n) is 4.98. The largest absolute Gasteiger partial charge is 0.339 e. The molecule has 0 bridgehead atoms. The number of nitrogens with zero attached hydrogens (tertiary/aromatic N) is 3.